The highest BCUT2D eigenvalue weighted by atomic mass is 19.2. The van der Waals surface area contributed by atoms with E-state index in [4.69, 9.17) is 0 Å². The molecule has 0 spiro atoms. The Morgan fingerprint density at radius 2 is 1.42 bits per heavy atom. The van der Waals surface area contributed by atoms with Crippen molar-refractivity contribution in [2.45, 2.75) is 84.0 Å². The van der Waals surface area contributed by atoms with Crippen molar-refractivity contribution >= 4 is 0 Å². The van der Waals surface area contributed by atoms with Gasteiger partial charge in [-0.1, -0.05) is 45.2 Å². The van der Waals surface area contributed by atoms with Crippen LogP contribution in [0.25, 0.3) is 0 Å². The van der Waals surface area contributed by atoms with E-state index in [2.05, 4.69) is 6.92 Å². The van der Waals surface area contributed by atoms with Crippen molar-refractivity contribution in [1.29, 1.82) is 0 Å². The summed E-state index contributed by atoms with van der Waals surface area (Å²) in [5, 5.41) is 0. The summed E-state index contributed by atoms with van der Waals surface area (Å²) < 4.78 is 28.7. The van der Waals surface area contributed by atoms with Crippen LogP contribution in [0.1, 0.15) is 88.7 Å². The zero-order chi connectivity index (χ0) is 17.1. The van der Waals surface area contributed by atoms with Gasteiger partial charge in [-0.05, 0) is 79.7 Å². The molecular weight excluding hydrogens is 302 g/mol. The zero-order valence-electron chi connectivity index (χ0n) is 15.3. The largest absolute Gasteiger partial charge is 0.203 e. The van der Waals surface area contributed by atoms with Crippen LogP contribution < -0.4 is 0 Å². The summed E-state index contributed by atoms with van der Waals surface area (Å²) in [5.74, 6) is 1.65. The van der Waals surface area contributed by atoms with Crippen LogP contribution in [0.4, 0.5) is 8.78 Å². The van der Waals surface area contributed by atoms with E-state index >= 15 is 0 Å². The van der Waals surface area contributed by atoms with E-state index in [0.717, 1.165) is 37.0 Å². The van der Waals surface area contributed by atoms with Gasteiger partial charge in [0.05, 0.1) is 0 Å². The molecule has 0 atom stereocenters. The number of rotatable bonds is 4. The number of aryl methyl sites for hydroxylation is 1. The topological polar surface area (TPSA) is 0 Å². The van der Waals surface area contributed by atoms with Crippen LogP contribution in [0.3, 0.4) is 0 Å². The molecule has 0 amide bonds. The second-order valence-corrected chi connectivity index (χ2v) is 8.32. The third-order valence-electron chi connectivity index (χ3n) is 6.65. The third-order valence-corrected chi connectivity index (χ3v) is 6.65. The molecule has 1 aromatic rings. The van der Waals surface area contributed by atoms with Crippen LogP contribution in [0.5, 0.6) is 0 Å². The fraction of sp³-hybridized carbons (Fsp3) is 0.727. The molecule has 2 fully saturated rings. The highest BCUT2D eigenvalue weighted by molar-refractivity contribution is 5.29. The van der Waals surface area contributed by atoms with Gasteiger partial charge in [0, 0.05) is 0 Å². The molecule has 134 valence electrons. The monoisotopic (exact) mass is 334 g/mol. The Bertz CT molecular complexity index is 535. The van der Waals surface area contributed by atoms with Gasteiger partial charge in [0.15, 0.2) is 11.6 Å². The molecule has 0 heterocycles. The number of hydrogen-bond acceptors (Lipinski definition) is 0. The molecule has 0 unspecified atom stereocenters. The van der Waals surface area contributed by atoms with Crippen molar-refractivity contribution in [1.82, 2.24) is 0 Å². The SMILES string of the molecule is CCCc1ccc(C2CCC(C3CCC(C)CC3)CC2)c(F)c1F. The van der Waals surface area contributed by atoms with Crippen molar-refractivity contribution in [2.24, 2.45) is 17.8 Å². The summed E-state index contributed by atoms with van der Waals surface area (Å²) in [5.41, 5.74) is 1.16. The van der Waals surface area contributed by atoms with Crippen molar-refractivity contribution in [2.75, 3.05) is 0 Å². The molecule has 0 radical (unpaired) electrons. The van der Waals surface area contributed by atoms with E-state index in [-0.39, 0.29) is 5.92 Å². The standard InChI is InChI=1S/C22H32F2/c1-3-4-19-13-14-20(22(24)21(19)23)18-11-9-17(10-12-18)16-7-5-15(2)6-8-16/h13-18H,3-12H2,1-2H3. The Labute approximate surface area is 146 Å². The summed E-state index contributed by atoms with van der Waals surface area (Å²) in [7, 11) is 0. The van der Waals surface area contributed by atoms with Crippen LogP contribution in [0.2, 0.25) is 0 Å². The maximum absolute atomic E-state index is 14.5. The second kappa shape index (κ2) is 7.97. The Hall–Kier alpha value is -0.920. The summed E-state index contributed by atoms with van der Waals surface area (Å²) >= 11 is 0. The summed E-state index contributed by atoms with van der Waals surface area (Å²) in [6.07, 6.45) is 11.4. The smallest absolute Gasteiger partial charge is 0.162 e. The van der Waals surface area contributed by atoms with Crippen molar-refractivity contribution < 1.29 is 8.78 Å². The lowest BCUT2D eigenvalue weighted by Gasteiger charge is -2.37. The van der Waals surface area contributed by atoms with Crippen LogP contribution in [0, 0.1) is 29.4 Å². The van der Waals surface area contributed by atoms with E-state index < -0.39 is 11.6 Å². The molecule has 0 aromatic heterocycles. The van der Waals surface area contributed by atoms with E-state index in [1.165, 1.54) is 38.5 Å². The molecule has 0 nitrogen and oxygen atoms in total. The molecule has 2 saturated carbocycles. The first kappa shape index (κ1) is 17.9. The van der Waals surface area contributed by atoms with E-state index in [9.17, 15) is 8.78 Å². The number of halogens is 2. The molecular formula is C22H32F2. The van der Waals surface area contributed by atoms with E-state index in [1.54, 1.807) is 0 Å². The summed E-state index contributed by atoms with van der Waals surface area (Å²) in [6, 6.07) is 3.67. The third kappa shape index (κ3) is 3.83. The quantitative estimate of drug-likeness (QED) is 0.555. The fourth-order valence-corrected chi connectivity index (χ4v) is 5.04. The first-order valence-electron chi connectivity index (χ1n) is 10.1. The van der Waals surface area contributed by atoms with Crippen LogP contribution in [0.15, 0.2) is 12.1 Å². The van der Waals surface area contributed by atoms with Crippen LogP contribution in [-0.4, -0.2) is 0 Å². The molecule has 0 N–H and O–H groups in total. The van der Waals surface area contributed by atoms with Crippen molar-refractivity contribution in [3.63, 3.8) is 0 Å². The maximum atomic E-state index is 14.5. The van der Waals surface area contributed by atoms with Gasteiger partial charge in [-0.3, -0.25) is 0 Å². The van der Waals surface area contributed by atoms with Crippen LogP contribution in [-0.2, 0) is 6.42 Å². The Morgan fingerprint density at radius 1 is 0.833 bits per heavy atom. The summed E-state index contributed by atoms with van der Waals surface area (Å²) in [4.78, 5) is 0. The molecule has 0 bridgehead atoms. The van der Waals surface area contributed by atoms with Gasteiger partial charge in [-0.2, -0.15) is 0 Å². The second-order valence-electron chi connectivity index (χ2n) is 8.32. The molecule has 0 saturated heterocycles. The van der Waals surface area contributed by atoms with E-state index in [1.807, 2.05) is 19.1 Å². The maximum Gasteiger partial charge on any atom is 0.162 e. The van der Waals surface area contributed by atoms with Gasteiger partial charge in [-0.25, -0.2) is 8.78 Å². The summed E-state index contributed by atoms with van der Waals surface area (Å²) in [6.45, 7) is 4.37. The highest BCUT2D eigenvalue weighted by Crippen LogP contribution is 2.44. The van der Waals surface area contributed by atoms with E-state index in [0.29, 0.717) is 17.5 Å². The highest BCUT2D eigenvalue weighted by Gasteiger charge is 2.31. The van der Waals surface area contributed by atoms with Gasteiger partial charge in [0.25, 0.3) is 0 Å². The Kier molecular flexibility index (Phi) is 5.94. The molecule has 2 heteroatoms. The van der Waals surface area contributed by atoms with Gasteiger partial charge < -0.3 is 0 Å². The normalized spacial score (nSPS) is 31.2. The Balaban J connectivity index is 1.61. The molecule has 3 rings (SSSR count). The average molecular weight is 334 g/mol. The van der Waals surface area contributed by atoms with Crippen molar-refractivity contribution in [3.8, 4) is 0 Å². The molecule has 1 aromatic carbocycles. The predicted molar refractivity (Wildman–Crippen MR) is 96.2 cm³/mol. The lowest BCUT2D eigenvalue weighted by molar-refractivity contribution is 0.164. The van der Waals surface area contributed by atoms with Gasteiger partial charge >= 0.3 is 0 Å². The molecule has 2 aliphatic carbocycles. The Morgan fingerprint density at radius 3 is 2.00 bits per heavy atom. The minimum atomic E-state index is -0.599. The first-order chi connectivity index (χ1) is 11.6. The van der Waals surface area contributed by atoms with Crippen LogP contribution >= 0.6 is 0 Å². The number of hydrogen-bond donors (Lipinski definition) is 0. The molecule has 0 aliphatic heterocycles. The first-order valence-corrected chi connectivity index (χ1v) is 10.1. The zero-order valence-corrected chi connectivity index (χ0v) is 15.3. The van der Waals surface area contributed by atoms with Gasteiger partial charge in [0.1, 0.15) is 0 Å². The van der Waals surface area contributed by atoms with Crippen molar-refractivity contribution in [3.05, 3.63) is 34.9 Å². The lowest BCUT2D eigenvalue weighted by atomic mass is 9.68. The minimum Gasteiger partial charge on any atom is -0.203 e. The molecule has 2 aliphatic rings. The fourth-order valence-electron chi connectivity index (χ4n) is 5.04. The molecule has 24 heavy (non-hydrogen) atoms. The lowest BCUT2D eigenvalue weighted by Crippen LogP contribution is -2.25. The average Bonchev–Trinajstić information content (AvgIpc) is 2.60. The predicted octanol–water partition coefficient (Wildman–Crippen LogP) is 7.02. The van der Waals surface area contributed by atoms with Gasteiger partial charge in [-0.15, -0.1) is 0 Å². The van der Waals surface area contributed by atoms with Gasteiger partial charge in [0.2, 0.25) is 0 Å². The number of benzene rings is 1. The minimum absolute atomic E-state index is 0.217.